The normalized spacial score (nSPS) is 18.2. The lowest BCUT2D eigenvalue weighted by Crippen LogP contribution is -2.42. The Hall–Kier alpha value is -3.12. The third-order valence-corrected chi connectivity index (χ3v) is 6.94. The van der Waals surface area contributed by atoms with E-state index in [1.165, 1.54) is 4.88 Å². The molecule has 1 aromatic heterocycles. The van der Waals surface area contributed by atoms with Crippen LogP contribution in [0.15, 0.2) is 66.0 Å². The average molecular weight is 435 g/mol. The SMILES string of the molecule is COc1cccc(CC(=O)N2CC[C@@](Cc3ccc(-c4cccs4)cc3)(C(N)=O)C2)c1. The van der Waals surface area contributed by atoms with Crippen LogP contribution in [-0.2, 0) is 22.4 Å². The molecule has 4 rings (SSSR count). The minimum atomic E-state index is -0.728. The molecule has 1 fully saturated rings. The van der Waals surface area contributed by atoms with Crippen molar-refractivity contribution in [3.05, 3.63) is 77.2 Å². The largest absolute Gasteiger partial charge is 0.497 e. The van der Waals surface area contributed by atoms with Crippen LogP contribution in [0.25, 0.3) is 10.4 Å². The molecule has 31 heavy (non-hydrogen) atoms. The van der Waals surface area contributed by atoms with Crippen molar-refractivity contribution in [3.8, 4) is 16.2 Å². The van der Waals surface area contributed by atoms with Crippen molar-refractivity contribution in [3.63, 3.8) is 0 Å². The minimum absolute atomic E-state index is 0.00409. The van der Waals surface area contributed by atoms with Crippen LogP contribution in [-0.4, -0.2) is 36.9 Å². The molecule has 6 heteroatoms. The summed E-state index contributed by atoms with van der Waals surface area (Å²) < 4.78 is 5.24. The highest BCUT2D eigenvalue weighted by Crippen LogP contribution is 2.35. The maximum absolute atomic E-state index is 12.9. The number of benzene rings is 2. The number of nitrogens with zero attached hydrogens (tertiary/aromatic N) is 1. The number of nitrogens with two attached hydrogens (primary N) is 1. The van der Waals surface area contributed by atoms with Crippen LogP contribution in [0.2, 0.25) is 0 Å². The summed E-state index contributed by atoms with van der Waals surface area (Å²) in [5.41, 5.74) is 8.23. The van der Waals surface area contributed by atoms with Gasteiger partial charge in [0.15, 0.2) is 0 Å². The Kier molecular flexibility index (Phi) is 6.09. The van der Waals surface area contributed by atoms with E-state index in [0.717, 1.165) is 22.4 Å². The highest BCUT2D eigenvalue weighted by atomic mass is 32.1. The van der Waals surface area contributed by atoms with Crippen molar-refractivity contribution in [1.29, 1.82) is 0 Å². The number of methoxy groups -OCH3 is 1. The number of likely N-dealkylation sites (tertiary alicyclic amines) is 1. The number of primary amides is 1. The van der Waals surface area contributed by atoms with Crippen molar-refractivity contribution in [2.45, 2.75) is 19.3 Å². The van der Waals surface area contributed by atoms with Gasteiger partial charge in [-0.25, -0.2) is 0 Å². The second-order valence-corrected chi connectivity index (χ2v) is 9.04. The summed E-state index contributed by atoms with van der Waals surface area (Å²) in [7, 11) is 1.61. The third-order valence-electron chi connectivity index (χ3n) is 6.02. The van der Waals surface area contributed by atoms with E-state index in [9.17, 15) is 9.59 Å². The van der Waals surface area contributed by atoms with Crippen LogP contribution in [0.1, 0.15) is 17.5 Å². The zero-order chi connectivity index (χ0) is 21.8. The lowest BCUT2D eigenvalue weighted by Gasteiger charge is -2.26. The number of rotatable bonds is 7. The Bertz CT molecular complexity index is 1060. The van der Waals surface area contributed by atoms with E-state index in [-0.39, 0.29) is 18.2 Å². The summed E-state index contributed by atoms with van der Waals surface area (Å²) in [4.78, 5) is 28.3. The third kappa shape index (κ3) is 4.64. The fraction of sp³-hybridized carbons (Fsp3) is 0.280. The molecular formula is C25H26N2O3S. The number of ether oxygens (including phenoxy) is 1. The van der Waals surface area contributed by atoms with Gasteiger partial charge in [0.05, 0.1) is 18.9 Å². The van der Waals surface area contributed by atoms with E-state index in [1.54, 1.807) is 23.3 Å². The van der Waals surface area contributed by atoms with Gasteiger partial charge in [0.2, 0.25) is 11.8 Å². The quantitative estimate of drug-likeness (QED) is 0.613. The molecule has 2 amide bonds. The summed E-state index contributed by atoms with van der Waals surface area (Å²) in [5.74, 6) is 0.389. The highest BCUT2D eigenvalue weighted by molar-refractivity contribution is 7.13. The van der Waals surface area contributed by atoms with E-state index in [1.807, 2.05) is 30.3 Å². The number of amides is 2. The number of hydrogen-bond donors (Lipinski definition) is 1. The number of carbonyl (C=O) groups excluding carboxylic acids is 2. The number of hydrogen-bond acceptors (Lipinski definition) is 4. The first kappa shape index (κ1) is 21.1. The standard InChI is InChI=1S/C25H26N2O3S/c1-30-21-5-2-4-19(14-21)15-23(28)27-12-11-25(17-27,24(26)29)16-18-7-9-20(10-8-18)22-6-3-13-31-22/h2-10,13-14H,11-12,15-17H2,1H3,(H2,26,29)/t25-/m0/s1. The fourth-order valence-corrected chi connectivity index (χ4v) is 4.94. The Labute approximate surface area is 186 Å². The Morgan fingerprint density at radius 1 is 1.10 bits per heavy atom. The van der Waals surface area contributed by atoms with Gasteiger partial charge in [0, 0.05) is 18.0 Å². The molecule has 0 spiro atoms. The van der Waals surface area contributed by atoms with Gasteiger partial charge in [-0.1, -0.05) is 42.5 Å². The van der Waals surface area contributed by atoms with Crippen molar-refractivity contribution < 1.29 is 14.3 Å². The summed E-state index contributed by atoms with van der Waals surface area (Å²) in [6.07, 6.45) is 1.40. The molecular weight excluding hydrogens is 408 g/mol. The first-order chi connectivity index (χ1) is 15.0. The Morgan fingerprint density at radius 3 is 2.58 bits per heavy atom. The molecule has 0 saturated carbocycles. The smallest absolute Gasteiger partial charge is 0.227 e. The van der Waals surface area contributed by atoms with Gasteiger partial charge in [0.25, 0.3) is 0 Å². The van der Waals surface area contributed by atoms with Gasteiger partial charge in [-0.3, -0.25) is 9.59 Å². The zero-order valence-corrected chi connectivity index (χ0v) is 18.4. The van der Waals surface area contributed by atoms with Crippen LogP contribution in [0.4, 0.5) is 0 Å². The van der Waals surface area contributed by atoms with Crippen molar-refractivity contribution in [1.82, 2.24) is 4.90 Å². The van der Waals surface area contributed by atoms with Crippen molar-refractivity contribution in [2.75, 3.05) is 20.2 Å². The molecule has 2 N–H and O–H groups in total. The predicted molar refractivity (Wildman–Crippen MR) is 123 cm³/mol. The van der Waals surface area contributed by atoms with Crippen LogP contribution in [0, 0.1) is 5.41 Å². The maximum atomic E-state index is 12.9. The van der Waals surface area contributed by atoms with Gasteiger partial charge in [-0.15, -0.1) is 11.3 Å². The molecule has 0 unspecified atom stereocenters. The van der Waals surface area contributed by atoms with E-state index < -0.39 is 5.41 Å². The van der Waals surface area contributed by atoms with E-state index in [4.69, 9.17) is 10.5 Å². The molecule has 3 aromatic rings. The first-order valence-corrected chi connectivity index (χ1v) is 11.2. The molecule has 2 heterocycles. The van der Waals surface area contributed by atoms with E-state index >= 15 is 0 Å². The zero-order valence-electron chi connectivity index (χ0n) is 17.5. The number of thiophene rings is 1. The molecule has 0 radical (unpaired) electrons. The van der Waals surface area contributed by atoms with Crippen LogP contribution in [0.3, 0.4) is 0 Å². The average Bonchev–Trinajstić information content (AvgIpc) is 3.46. The molecule has 0 bridgehead atoms. The molecule has 0 aliphatic carbocycles. The molecule has 2 aromatic carbocycles. The first-order valence-electron chi connectivity index (χ1n) is 10.3. The second-order valence-electron chi connectivity index (χ2n) is 8.09. The summed E-state index contributed by atoms with van der Waals surface area (Å²) >= 11 is 1.70. The van der Waals surface area contributed by atoms with Gasteiger partial charge >= 0.3 is 0 Å². The summed E-state index contributed by atoms with van der Waals surface area (Å²) in [5, 5.41) is 2.06. The lowest BCUT2D eigenvalue weighted by molar-refractivity contribution is -0.131. The maximum Gasteiger partial charge on any atom is 0.227 e. The predicted octanol–water partition coefficient (Wildman–Crippen LogP) is 3.91. The highest BCUT2D eigenvalue weighted by Gasteiger charge is 2.44. The van der Waals surface area contributed by atoms with Gasteiger partial charge in [-0.2, -0.15) is 0 Å². The van der Waals surface area contributed by atoms with Crippen LogP contribution < -0.4 is 10.5 Å². The summed E-state index contributed by atoms with van der Waals surface area (Å²) in [6.45, 7) is 0.900. The van der Waals surface area contributed by atoms with Crippen LogP contribution >= 0.6 is 11.3 Å². The summed E-state index contributed by atoms with van der Waals surface area (Å²) in [6, 6.07) is 19.9. The second kappa shape index (κ2) is 8.94. The molecule has 1 aliphatic heterocycles. The van der Waals surface area contributed by atoms with Crippen molar-refractivity contribution in [2.24, 2.45) is 11.1 Å². The molecule has 5 nitrogen and oxygen atoms in total. The molecule has 160 valence electrons. The monoisotopic (exact) mass is 434 g/mol. The van der Waals surface area contributed by atoms with E-state index in [0.29, 0.717) is 25.9 Å². The topological polar surface area (TPSA) is 72.6 Å². The van der Waals surface area contributed by atoms with Crippen molar-refractivity contribution >= 4 is 23.2 Å². The van der Waals surface area contributed by atoms with Gasteiger partial charge in [0.1, 0.15) is 5.75 Å². The van der Waals surface area contributed by atoms with Gasteiger partial charge < -0.3 is 15.4 Å². The fourth-order valence-electron chi connectivity index (χ4n) is 4.21. The Balaban J connectivity index is 1.45. The lowest BCUT2D eigenvalue weighted by atomic mass is 9.80. The van der Waals surface area contributed by atoms with E-state index in [2.05, 4.69) is 35.7 Å². The number of carbonyl (C=O) groups is 2. The van der Waals surface area contributed by atoms with Gasteiger partial charge in [-0.05, 0) is 53.1 Å². The Morgan fingerprint density at radius 2 is 1.90 bits per heavy atom. The van der Waals surface area contributed by atoms with Crippen LogP contribution in [0.5, 0.6) is 5.75 Å². The minimum Gasteiger partial charge on any atom is -0.497 e. The molecule has 1 saturated heterocycles. The molecule has 1 atom stereocenters. The molecule has 1 aliphatic rings.